The van der Waals surface area contributed by atoms with E-state index in [1.807, 2.05) is 12.1 Å². The Morgan fingerprint density at radius 2 is 1.95 bits per heavy atom. The lowest BCUT2D eigenvalue weighted by Crippen LogP contribution is -2.24. The normalized spacial score (nSPS) is 11.2. The summed E-state index contributed by atoms with van der Waals surface area (Å²) in [5.41, 5.74) is 0.744. The highest BCUT2D eigenvalue weighted by Gasteiger charge is 2.03. The van der Waals surface area contributed by atoms with Crippen LogP contribution in [0.4, 0.5) is 5.82 Å². The predicted octanol–water partition coefficient (Wildman–Crippen LogP) is 2.56. The summed E-state index contributed by atoms with van der Waals surface area (Å²) < 4.78 is 0. The molecule has 0 aromatic carbocycles. The molecule has 2 aromatic heterocycles. The lowest BCUT2D eigenvalue weighted by atomic mass is 10.2. The molecular formula is C15H23N5. The minimum Gasteiger partial charge on any atom is -0.369 e. The van der Waals surface area contributed by atoms with Crippen LogP contribution in [-0.2, 0) is 0 Å². The van der Waals surface area contributed by atoms with Crippen molar-refractivity contribution in [3.05, 3.63) is 24.7 Å². The maximum Gasteiger partial charge on any atom is 0.164 e. The summed E-state index contributed by atoms with van der Waals surface area (Å²) in [4.78, 5) is 15.1. The van der Waals surface area contributed by atoms with Gasteiger partial charge in [0.25, 0.3) is 0 Å². The van der Waals surface area contributed by atoms with Crippen molar-refractivity contribution in [3.8, 4) is 0 Å². The first-order chi connectivity index (χ1) is 9.85. The number of rotatable bonds is 8. The first-order valence-electron chi connectivity index (χ1n) is 7.37. The van der Waals surface area contributed by atoms with Gasteiger partial charge in [0.1, 0.15) is 12.1 Å². The number of nitrogens with zero attached hydrogens (tertiary/aromatic N) is 4. The number of nitrogens with one attached hydrogen (secondary N) is 1. The van der Waals surface area contributed by atoms with E-state index in [0.29, 0.717) is 0 Å². The molecule has 2 aromatic rings. The lowest BCUT2D eigenvalue weighted by molar-refractivity contribution is 0.298. The second-order valence-corrected chi connectivity index (χ2v) is 4.76. The van der Waals surface area contributed by atoms with E-state index in [-0.39, 0.29) is 0 Å². The lowest BCUT2D eigenvalue weighted by Gasteiger charge is -2.17. The molecule has 0 unspecified atom stereocenters. The average Bonchev–Trinajstić information content (AvgIpc) is 2.51. The highest BCUT2D eigenvalue weighted by atomic mass is 15.1. The van der Waals surface area contributed by atoms with Gasteiger partial charge in [0.2, 0.25) is 0 Å². The third-order valence-corrected chi connectivity index (χ3v) is 3.50. The Morgan fingerprint density at radius 1 is 1.10 bits per heavy atom. The minimum absolute atomic E-state index is 0.744. The molecule has 0 fully saturated rings. The first kappa shape index (κ1) is 14.7. The molecule has 0 spiro atoms. The molecule has 5 nitrogen and oxygen atoms in total. The molecule has 20 heavy (non-hydrogen) atoms. The summed E-state index contributed by atoms with van der Waals surface area (Å²) in [6.07, 6.45) is 5.66. The number of hydrogen-bond donors (Lipinski definition) is 1. The number of hydrogen-bond acceptors (Lipinski definition) is 5. The smallest absolute Gasteiger partial charge is 0.164 e. The van der Waals surface area contributed by atoms with Crippen LogP contribution in [0.25, 0.3) is 11.0 Å². The fourth-order valence-electron chi connectivity index (χ4n) is 2.24. The molecule has 108 valence electrons. The molecule has 0 saturated carbocycles. The molecule has 2 heterocycles. The number of fused-ring (bicyclic) bond motifs is 1. The van der Waals surface area contributed by atoms with E-state index in [0.717, 1.165) is 42.9 Å². The number of pyridine rings is 1. The molecule has 1 N–H and O–H groups in total. The summed E-state index contributed by atoms with van der Waals surface area (Å²) >= 11 is 0. The molecule has 0 atom stereocenters. The van der Waals surface area contributed by atoms with Crippen molar-refractivity contribution in [2.75, 3.05) is 31.5 Å². The van der Waals surface area contributed by atoms with Crippen LogP contribution in [0, 0.1) is 0 Å². The van der Waals surface area contributed by atoms with Gasteiger partial charge in [0.05, 0.1) is 5.39 Å². The summed E-state index contributed by atoms with van der Waals surface area (Å²) in [5.74, 6) is 0.880. The van der Waals surface area contributed by atoms with Crippen molar-refractivity contribution < 1.29 is 0 Å². The van der Waals surface area contributed by atoms with Crippen LogP contribution < -0.4 is 5.32 Å². The van der Waals surface area contributed by atoms with Crippen molar-refractivity contribution in [1.29, 1.82) is 0 Å². The second-order valence-electron chi connectivity index (χ2n) is 4.76. The topological polar surface area (TPSA) is 53.9 Å². The van der Waals surface area contributed by atoms with Crippen LogP contribution in [-0.4, -0.2) is 46.0 Å². The molecule has 0 saturated heterocycles. The minimum atomic E-state index is 0.744. The van der Waals surface area contributed by atoms with Crippen molar-refractivity contribution in [1.82, 2.24) is 19.9 Å². The van der Waals surface area contributed by atoms with Crippen molar-refractivity contribution in [2.45, 2.75) is 26.7 Å². The Bertz CT molecular complexity index is 519. The average molecular weight is 273 g/mol. The van der Waals surface area contributed by atoms with Gasteiger partial charge in [0, 0.05) is 12.7 Å². The zero-order chi connectivity index (χ0) is 14.2. The molecule has 0 amide bonds. The largest absolute Gasteiger partial charge is 0.369 e. The summed E-state index contributed by atoms with van der Waals surface area (Å²) in [6, 6.07) is 3.91. The van der Waals surface area contributed by atoms with Gasteiger partial charge < -0.3 is 10.2 Å². The Balaban J connectivity index is 1.81. The zero-order valence-corrected chi connectivity index (χ0v) is 12.3. The van der Waals surface area contributed by atoms with Gasteiger partial charge in [-0.2, -0.15) is 0 Å². The predicted molar refractivity (Wildman–Crippen MR) is 82.8 cm³/mol. The fraction of sp³-hybridized carbons (Fsp3) is 0.533. The third-order valence-electron chi connectivity index (χ3n) is 3.50. The van der Waals surface area contributed by atoms with Crippen molar-refractivity contribution in [3.63, 3.8) is 0 Å². The van der Waals surface area contributed by atoms with Crippen LogP contribution in [0.2, 0.25) is 0 Å². The van der Waals surface area contributed by atoms with E-state index in [9.17, 15) is 0 Å². The van der Waals surface area contributed by atoms with Crippen LogP contribution in [0.3, 0.4) is 0 Å². The van der Waals surface area contributed by atoms with E-state index in [1.165, 1.54) is 13.0 Å². The maximum atomic E-state index is 4.30. The SMILES string of the molecule is CCN(CC)CCCCNc1ncnc2ncccc12. The van der Waals surface area contributed by atoms with Gasteiger partial charge in [0.15, 0.2) is 5.65 Å². The van der Waals surface area contributed by atoms with Crippen LogP contribution in [0.5, 0.6) is 0 Å². The molecule has 0 radical (unpaired) electrons. The van der Waals surface area contributed by atoms with Crippen LogP contribution in [0.15, 0.2) is 24.7 Å². The Morgan fingerprint density at radius 3 is 2.75 bits per heavy atom. The van der Waals surface area contributed by atoms with Crippen LogP contribution in [0.1, 0.15) is 26.7 Å². The summed E-state index contributed by atoms with van der Waals surface area (Å²) in [7, 11) is 0. The standard InChI is InChI=1S/C15H23N5/c1-3-20(4-2)11-6-5-9-16-14-13-8-7-10-17-15(13)19-12-18-14/h7-8,10,12H,3-6,9,11H2,1-2H3,(H,16,17,18,19). The number of unbranched alkanes of at least 4 members (excludes halogenated alkanes) is 1. The van der Waals surface area contributed by atoms with Gasteiger partial charge in [-0.15, -0.1) is 0 Å². The Labute approximate surface area is 120 Å². The summed E-state index contributed by atoms with van der Waals surface area (Å²) in [5, 5.41) is 4.37. The van der Waals surface area contributed by atoms with E-state index < -0.39 is 0 Å². The molecule has 0 aliphatic heterocycles. The monoisotopic (exact) mass is 273 g/mol. The summed E-state index contributed by atoms with van der Waals surface area (Å²) in [6.45, 7) is 8.78. The van der Waals surface area contributed by atoms with Crippen molar-refractivity contribution in [2.24, 2.45) is 0 Å². The van der Waals surface area contributed by atoms with Gasteiger partial charge in [-0.1, -0.05) is 13.8 Å². The number of anilines is 1. The molecule has 0 bridgehead atoms. The van der Waals surface area contributed by atoms with E-state index in [2.05, 4.69) is 39.0 Å². The first-order valence-corrected chi connectivity index (χ1v) is 7.37. The molecular weight excluding hydrogens is 250 g/mol. The highest BCUT2D eigenvalue weighted by molar-refractivity contribution is 5.85. The molecule has 5 heteroatoms. The van der Waals surface area contributed by atoms with E-state index in [4.69, 9.17) is 0 Å². The van der Waals surface area contributed by atoms with Crippen molar-refractivity contribution >= 4 is 16.9 Å². The highest BCUT2D eigenvalue weighted by Crippen LogP contribution is 2.16. The Hall–Kier alpha value is -1.75. The van der Waals surface area contributed by atoms with Gasteiger partial charge in [-0.3, -0.25) is 0 Å². The fourth-order valence-corrected chi connectivity index (χ4v) is 2.24. The maximum absolute atomic E-state index is 4.30. The van der Waals surface area contributed by atoms with Gasteiger partial charge in [-0.05, 0) is 44.6 Å². The molecule has 0 aliphatic carbocycles. The quantitative estimate of drug-likeness (QED) is 0.749. The van der Waals surface area contributed by atoms with Gasteiger partial charge >= 0.3 is 0 Å². The van der Waals surface area contributed by atoms with E-state index >= 15 is 0 Å². The van der Waals surface area contributed by atoms with Gasteiger partial charge in [-0.25, -0.2) is 15.0 Å². The van der Waals surface area contributed by atoms with E-state index in [1.54, 1.807) is 12.5 Å². The number of aromatic nitrogens is 3. The molecule has 0 aliphatic rings. The Kier molecular flexibility index (Phi) is 5.68. The second kappa shape index (κ2) is 7.75. The zero-order valence-electron chi connectivity index (χ0n) is 12.3. The third kappa shape index (κ3) is 3.87. The van der Waals surface area contributed by atoms with Crippen LogP contribution >= 0.6 is 0 Å². The molecule has 2 rings (SSSR count).